The first-order chi connectivity index (χ1) is 14.0. The first-order valence-corrected chi connectivity index (χ1v) is 9.34. The first-order valence-electron chi connectivity index (χ1n) is 8.55. The van der Waals surface area contributed by atoms with E-state index in [2.05, 4.69) is 26.2 Å². The average Bonchev–Trinajstić information content (AvgIpc) is 2.72. The van der Waals surface area contributed by atoms with E-state index in [1.54, 1.807) is 38.3 Å². The second-order valence-corrected chi connectivity index (χ2v) is 6.67. The number of hydrogen-bond acceptors (Lipinski definition) is 8. The first kappa shape index (κ1) is 20.5. The van der Waals surface area contributed by atoms with E-state index in [0.29, 0.717) is 22.5 Å². The van der Waals surface area contributed by atoms with Crippen molar-refractivity contribution in [2.24, 2.45) is 10.2 Å². The molecule has 0 N–H and O–H groups in total. The molecule has 0 unspecified atom stereocenters. The molecule has 3 aromatic rings. The minimum Gasteiger partial charge on any atom is -0.494 e. The van der Waals surface area contributed by atoms with Crippen molar-refractivity contribution in [3.8, 4) is 11.5 Å². The Balaban J connectivity index is 2.08. The van der Waals surface area contributed by atoms with Gasteiger partial charge >= 0.3 is 11.6 Å². The van der Waals surface area contributed by atoms with Crippen molar-refractivity contribution in [1.82, 2.24) is 0 Å². The van der Waals surface area contributed by atoms with E-state index in [1.165, 1.54) is 13.2 Å². The Bertz CT molecular complexity index is 1160. The number of ether oxygens (including phenoxy) is 3. The maximum Gasteiger partial charge on any atom is 0.351 e. The van der Waals surface area contributed by atoms with Gasteiger partial charge in [-0.05, 0) is 37.3 Å². The van der Waals surface area contributed by atoms with Gasteiger partial charge in [-0.2, -0.15) is 5.11 Å². The van der Waals surface area contributed by atoms with Gasteiger partial charge in [0.2, 0.25) is 0 Å². The summed E-state index contributed by atoms with van der Waals surface area (Å²) in [6.07, 6.45) is 0. The number of carbonyl (C=O) groups is 1. The highest BCUT2D eigenvalue weighted by molar-refractivity contribution is 9.10. The van der Waals surface area contributed by atoms with Crippen molar-refractivity contribution in [2.45, 2.75) is 6.92 Å². The van der Waals surface area contributed by atoms with Crippen molar-refractivity contribution in [1.29, 1.82) is 0 Å². The van der Waals surface area contributed by atoms with E-state index >= 15 is 0 Å². The number of azo groups is 1. The molecule has 9 heteroatoms. The fourth-order valence-corrected chi connectivity index (χ4v) is 2.93. The van der Waals surface area contributed by atoms with Gasteiger partial charge in [-0.1, -0.05) is 15.9 Å². The number of halogens is 1. The number of fused-ring (bicyclic) bond motifs is 1. The lowest BCUT2D eigenvalue weighted by atomic mass is 10.1. The van der Waals surface area contributed by atoms with Gasteiger partial charge in [-0.3, -0.25) is 0 Å². The molecule has 0 bridgehead atoms. The van der Waals surface area contributed by atoms with Crippen LogP contribution < -0.4 is 15.1 Å². The third-order valence-corrected chi connectivity index (χ3v) is 4.41. The molecule has 1 aromatic heterocycles. The van der Waals surface area contributed by atoms with E-state index in [1.807, 2.05) is 6.07 Å². The van der Waals surface area contributed by atoms with Crippen molar-refractivity contribution < 1.29 is 23.4 Å². The van der Waals surface area contributed by atoms with Crippen molar-refractivity contribution >= 4 is 44.2 Å². The van der Waals surface area contributed by atoms with Gasteiger partial charge in [0.25, 0.3) is 0 Å². The molecule has 0 saturated carbocycles. The molecule has 150 valence electrons. The van der Waals surface area contributed by atoms with E-state index < -0.39 is 11.6 Å². The van der Waals surface area contributed by atoms with Crippen molar-refractivity contribution in [3.63, 3.8) is 0 Å². The summed E-state index contributed by atoms with van der Waals surface area (Å²) in [7, 11) is 2.98. The Morgan fingerprint density at radius 1 is 1.07 bits per heavy atom. The maximum atomic E-state index is 12.1. The van der Waals surface area contributed by atoms with Gasteiger partial charge in [-0.15, -0.1) is 5.11 Å². The number of carbonyl (C=O) groups excluding carboxylic acids is 1. The van der Waals surface area contributed by atoms with Gasteiger partial charge in [0, 0.05) is 15.9 Å². The number of rotatable bonds is 6. The SMILES string of the molecule is CCOC(=O)c1cc2cc(N=Nc3ccc(Br)cc3OC)cc(OC)c2oc1=O. The molecule has 2 aromatic carbocycles. The number of benzene rings is 2. The van der Waals surface area contributed by atoms with Gasteiger partial charge in [-0.25, -0.2) is 9.59 Å². The molecule has 0 radical (unpaired) electrons. The number of methoxy groups -OCH3 is 2. The summed E-state index contributed by atoms with van der Waals surface area (Å²) < 4.78 is 21.6. The normalized spacial score (nSPS) is 11.0. The highest BCUT2D eigenvalue weighted by Crippen LogP contribution is 2.34. The molecule has 0 amide bonds. The van der Waals surface area contributed by atoms with E-state index in [0.717, 1.165) is 4.47 Å². The standard InChI is InChI=1S/C20H17BrN2O6/c1-4-28-19(24)14-8-11-7-13(10-17(27-3)18(11)29-20(14)25)22-23-15-6-5-12(21)9-16(15)26-2/h5-10H,4H2,1-3H3. The molecule has 0 saturated heterocycles. The van der Waals surface area contributed by atoms with Crippen molar-refractivity contribution in [2.75, 3.05) is 20.8 Å². The van der Waals surface area contributed by atoms with Gasteiger partial charge < -0.3 is 18.6 Å². The van der Waals surface area contributed by atoms with Crippen LogP contribution in [0.4, 0.5) is 11.4 Å². The minimum absolute atomic E-state index is 0.142. The summed E-state index contributed by atoms with van der Waals surface area (Å²) in [6.45, 7) is 1.79. The van der Waals surface area contributed by atoms with Crippen LogP contribution in [0.25, 0.3) is 11.0 Å². The summed E-state index contributed by atoms with van der Waals surface area (Å²) in [4.78, 5) is 24.1. The Hall–Kier alpha value is -3.20. The summed E-state index contributed by atoms with van der Waals surface area (Å²) in [5, 5.41) is 8.88. The zero-order valence-electron chi connectivity index (χ0n) is 15.9. The maximum absolute atomic E-state index is 12.1. The fourth-order valence-electron chi connectivity index (χ4n) is 2.59. The molecule has 0 atom stereocenters. The molecular weight excluding hydrogens is 444 g/mol. The summed E-state index contributed by atoms with van der Waals surface area (Å²) in [5.74, 6) is 0.0759. The Morgan fingerprint density at radius 2 is 1.83 bits per heavy atom. The predicted molar refractivity (Wildman–Crippen MR) is 110 cm³/mol. The molecule has 29 heavy (non-hydrogen) atoms. The number of esters is 1. The highest BCUT2D eigenvalue weighted by atomic mass is 79.9. The van der Waals surface area contributed by atoms with Crippen LogP contribution in [0.15, 0.2) is 60.3 Å². The average molecular weight is 461 g/mol. The summed E-state index contributed by atoms with van der Waals surface area (Å²) >= 11 is 3.37. The lowest BCUT2D eigenvalue weighted by Gasteiger charge is -2.07. The zero-order valence-corrected chi connectivity index (χ0v) is 17.5. The third-order valence-electron chi connectivity index (χ3n) is 3.91. The Morgan fingerprint density at radius 3 is 2.52 bits per heavy atom. The second-order valence-electron chi connectivity index (χ2n) is 5.75. The minimum atomic E-state index is -0.803. The fraction of sp³-hybridized carbons (Fsp3) is 0.200. The van der Waals surface area contributed by atoms with Gasteiger partial charge in [0.1, 0.15) is 17.0 Å². The van der Waals surface area contributed by atoms with E-state index in [9.17, 15) is 9.59 Å². The van der Waals surface area contributed by atoms with Crippen LogP contribution in [0.1, 0.15) is 17.3 Å². The highest BCUT2D eigenvalue weighted by Gasteiger charge is 2.17. The number of nitrogens with zero attached hydrogens (tertiary/aromatic N) is 2. The number of hydrogen-bond donors (Lipinski definition) is 0. The largest absolute Gasteiger partial charge is 0.494 e. The van der Waals surface area contributed by atoms with Crippen LogP contribution in [0.3, 0.4) is 0 Å². The topological polar surface area (TPSA) is 99.7 Å². The molecule has 0 spiro atoms. The monoisotopic (exact) mass is 460 g/mol. The Kier molecular flexibility index (Phi) is 6.28. The molecule has 8 nitrogen and oxygen atoms in total. The molecule has 0 aliphatic heterocycles. The van der Waals surface area contributed by atoms with Crippen LogP contribution >= 0.6 is 15.9 Å². The molecule has 1 heterocycles. The van der Waals surface area contributed by atoms with Gasteiger partial charge in [0.05, 0.1) is 26.5 Å². The lowest BCUT2D eigenvalue weighted by Crippen LogP contribution is -2.16. The Labute approximate surface area is 174 Å². The molecular formula is C20H17BrN2O6. The zero-order chi connectivity index (χ0) is 21.0. The van der Waals surface area contributed by atoms with E-state index in [4.69, 9.17) is 18.6 Å². The summed E-state index contributed by atoms with van der Waals surface area (Å²) in [5.41, 5.74) is 0.156. The van der Waals surface area contributed by atoms with Crippen LogP contribution in [-0.2, 0) is 4.74 Å². The second kappa shape index (κ2) is 8.87. The molecule has 0 aliphatic carbocycles. The van der Waals surface area contributed by atoms with Crippen LogP contribution in [0.2, 0.25) is 0 Å². The lowest BCUT2D eigenvalue weighted by molar-refractivity contribution is 0.0521. The summed E-state index contributed by atoms with van der Waals surface area (Å²) in [6, 6.07) is 9.93. The van der Waals surface area contributed by atoms with E-state index in [-0.39, 0.29) is 23.5 Å². The molecule has 3 rings (SSSR count). The predicted octanol–water partition coefficient (Wildman–Crippen LogP) is 5.16. The molecule has 0 aliphatic rings. The van der Waals surface area contributed by atoms with Crippen LogP contribution in [0.5, 0.6) is 11.5 Å². The molecule has 0 fully saturated rings. The smallest absolute Gasteiger partial charge is 0.351 e. The van der Waals surface area contributed by atoms with Crippen molar-refractivity contribution in [3.05, 3.63) is 56.9 Å². The van der Waals surface area contributed by atoms with Gasteiger partial charge in [0.15, 0.2) is 11.3 Å². The third kappa shape index (κ3) is 4.45. The van der Waals surface area contributed by atoms with Crippen LogP contribution in [-0.4, -0.2) is 26.8 Å². The van der Waals surface area contributed by atoms with Crippen LogP contribution in [0, 0.1) is 0 Å². The quantitative estimate of drug-likeness (QED) is 0.286.